The molecule has 6 nitrogen and oxygen atoms in total. The van der Waals surface area contributed by atoms with Crippen LogP contribution >= 0.6 is 0 Å². The van der Waals surface area contributed by atoms with Gasteiger partial charge in [0.25, 0.3) is 5.91 Å². The predicted octanol–water partition coefficient (Wildman–Crippen LogP) is 3.05. The maximum atomic E-state index is 12.4. The van der Waals surface area contributed by atoms with Gasteiger partial charge >= 0.3 is 0 Å². The molecule has 0 aliphatic heterocycles. The normalized spacial score (nSPS) is 11.5. The van der Waals surface area contributed by atoms with Crippen LogP contribution in [0.15, 0.2) is 42.5 Å². The van der Waals surface area contributed by atoms with E-state index in [4.69, 9.17) is 18.9 Å². The minimum absolute atomic E-state index is 0.0777. The van der Waals surface area contributed by atoms with Crippen LogP contribution in [0.4, 0.5) is 0 Å². The van der Waals surface area contributed by atoms with E-state index in [1.807, 2.05) is 25.1 Å². The van der Waals surface area contributed by atoms with E-state index in [1.54, 1.807) is 45.6 Å². The highest BCUT2D eigenvalue weighted by molar-refractivity contribution is 5.94. The fraction of sp³-hybridized carbons (Fsp3) is 0.350. The van der Waals surface area contributed by atoms with E-state index >= 15 is 0 Å². The van der Waals surface area contributed by atoms with Crippen LogP contribution in [0, 0.1) is 0 Å². The van der Waals surface area contributed by atoms with Crippen LogP contribution in [-0.4, -0.2) is 39.9 Å². The lowest BCUT2D eigenvalue weighted by atomic mass is 10.1. The van der Waals surface area contributed by atoms with Gasteiger partial charge in [-0.2, -0.15) is 0 Å². The molecule has 1 atom stereocenters. The van der Waals surface area contributed by atoms with Gasteiger partial charge in [-0.3, -0.25) is 4.79 Å². The molecule has 0 aliphatic carbocycles. The average molecular weight is 359 g/mol. The van der Waals surface area contributed by atoms with Crippen molar-refractivity contribution in [3.8, 4) is 17.2 Å². The number of benzene rings is 2. The lowest BCUT2D eigenvalue weighted by Gasteiger charge is -2.15. The Balaban J connectivity index is 2.12. The van der Waals surface area contributed by atoms with Crippen molar-refractivity contribution in [3.63, 3.8) is 0 Å². The number of carbonyl (C=O) groups excluding carboxylic acids is 1. The Morgan fingerprint density at radius 2 is 1.81 bits per heavy atom. The number of hydrogen-bond acceptors (Lipinski definition) is 5. The third-order valence-electron chi connectivity index (χ3n) is 3.77. The molecule has 0 aliphatic rings. The van der Waals surface area contributed by atoms with Crippen LogP contribution in [0.3, 0.4) is 0 Å². The second-order valence-corrected chi connectivity index (χ2v) is 5.82. The Morgan fingerprint density at radius 3 is 2.50 bits per heavy atom. The van der Waals surface area contributed by atoms with Crippen molar-refractivity contribution in [1.82, 2.24) is 5.32 Å². The molecule has 2 aromatic rings. The monoisotopic (exact) mass is 359 g/mol. The third kappa shape index (κ3) is 5.39. The molecular formula is C20H25NO5. The lowest BCUT2D eigenvalue weighted by Crippen LogP contribution is -2.35. The molecule has 2 rings (SSSR count). The standard InChI is InChI=1S/C20H25NO5/c1-14(12-23-2)21-20(22)15-8-9-19(25-4)16(10-15)13-26-18-7-5-6-17(11-18)24-3/h5-11,14H,12-13H2,1-4H3,(H,21,22)/t14-/m0/s1. The van der Waals surface area contributed by atoms with Gasteiger partial charge in [0.1, 0.15) is 23.9 Å². The highest BCUT2D eigenvalue weighted by Crippen LogP contribution is 2.24. The Morgan fingerprint density at radius 1 is 1.04 bits per heavy atom. The average Bonchev–Trinajstić information content (AvgIpc) is 2.66. The summed E-state index contributed by atoms with van der Waals surface area (Å²) in [5.74, 6) is 1.89. The highest BCUT2D eigenvalue weighted by Gasteiger charge is 2.13. The molecule has 0 bridgehead atoms. The Bertz CT molecular complexity index is 732. The zero-order valence-corrected chi connectivity index (χ0v) is 15.6. The maximum Gasteiger partial charge on any atom is 0.251 e. The van der Waals surface area contributed by atoms with E-state index in [1.165, 1.54) is 0 Å². The quantitative estimate of drug-likeness (QED) is 0.745. The number of nitrogens with one attached hydrogen (secondary N) is 1. The number of amides is 1. The van der Waals surface area contributed by atoms with Gasteiger partial charge in [-0.15, -0.1) is 0 Å². The zero-order valence-electron chi connectivity index (χ0n) is 15.6. The van der Waals surface area contributed by atoms with Crippen molar-refractivity contribution in [2.75, 3.05) is 27.9 Å². The second-order valence-electron chi connectivity index (χ2n) is 5.82. The fourth-order valence-electron chi connectivity index (χ4n) is 2.48. The van der Waals surface area contributed by atoms with Gasteiger partial charge in [0.2, 0.25) is 0 Å². The summed E-state index contributed by atoms with van der Waals surface area (Å²) in [6.07, 6.45) is 0. The Labute approximate surface area is 154 Å². The van der Waals surface area contributed by atoms with Crippen LogP contribution in [0.1, 0.15) is 22.8 Å². The summed E-state index contributed by atoms with van der Waals surface area (Å²) in [4.78, 5) is 12.4. The molecule has 1 amide bonds. The van der Waals surface area contributed by atoms with Crippen molar-refractivity contribution in [1.29, 1.82) is 0 Å². The summed E-state index contributed by atoms with van der Waals surface area (Å²) >= 11 is 0. The van der Waals surface area contributed by atoms with E-state index in [9.17, 15) is 4.79 Å². The molecular weight excluding hydrogens is 334 g/mol. The Hall–Kier alpha value is -2.73. The van der Waals surface area contributed by atoms with Crippen LogP contribution in [0.25, 0.3) is 0 Å². The first-order valence-corrected chi connectivity index (χ1v) is 8.31. The summed E-state index contributed by atoms with van der Waals surface area (Å²) in [7, 11) is 4.80. The summed E-state index contributed by atoms with van der Waals surface area (Å²) in [5, 5.41) is 2.89. The van der Waals surface area contributed by atoms with Crippen LogP contribution in [0.2, 0.25) is 0 Å². The van der Waals surface area contributed by atoms with Gasteiger partial charge in [0.05, 0.1) is 20.8 Å². The fourth-order valence-corrected chi connectivity index (χ4v) is 2.48. The molecule has 0 radical (unpaired) electrons. The van der Waals surface area contributed by atoms with E-state index in [0.29, 0.717) is 23.7 Å². The molecule has 26 heavy (non-hydrogen) atoms. The van der Waals surface area contributed by atoms with Gasteiger partial charge in [-0.25, -0.2) is 0 Å². The van der Waals surface area contributed by atoms with Gasteiger partial charge in [0.15, 0.2) is 0 Å². The van der Waals surface area contributed by atoms with Crippen molar-refractivity contribution >= 4 is 5.91 Å². The maximum absolute atomic E-state index is 12.4. The summed E-state index contributed by atoms with van der Waals surface area (Å²) in [6, 6.07) is 12.5. The predicted molar refractivity (Wildman–Crippen MR) is 99.1 cm³/mol. The first-order chi connectivity index (χ1) is 12.6. The van der Waals surface area contributed by atoms with Crippen molar-refractivity contribution in [3.05, 3.63) is 53.6 Å². The Kier molecular flexibility index (Phi) is 7.29. The van der Waals surface area contributed by atoms with E-state index in [2.05, 4.69) is 5.32 Å². The summed E-state index contributed by atoms with van der Waals surface area (Å²) in [6.45, 7) is 2.61. The molecule has 0 unspecified atom stereocenters. The lowest BCUT2D eigenvalue weighted by molar-refractivity contribution is 0.0905. The summed E-state index contributed by atoms with van der Waals surface area (Å²) < 4.78 is 21.4. The highest BCUT2D eigenvalue weighted by atomic mass is 16.5. The van der Waals surface area contributed by atoms with E-state index < -0.39 is 0 Å². The molecule has 0 saturated carbocycles. The number of ether oxygens (including phenoxy) is 4. The molecule has 1 N–H and O–H groups in total. The molecule has 0 saturated heterocycles. The first-order valence-electron chi connectivity index (χ1n) is 8.31. The van der Waals surface area contributed by atoms with Gasteiger partial charge in [0, 0.05) is 30.3 Å². The summed E-state index contributed by atoms with van der Waals surface area (Å²) in [5.41, 5.74) is 1.32. The van der Waals surface area contributed by atoms with Crippen molar-refractivity contribution in [2.24, 2.45) is 0 Å². The van der Waals surface area contributed by atoms with Gasteiger partial charge in [-0.1, -0.05) is 6.07 Å². The minimum atomic E-state index is -0.167. The molecule has 2 aromatic carbocycles. The third-order valence-corrected chi connectivity index (χ3v) is 3.77. The smallest absolute Gasteiger partial charge is 0.251 e. The number of rotatable bonds is 9. The number of hydrogen-bond donors (Lipinski definition) is 1. The van der Waals surface area contributed by atoms with E-state index in [0.717, 1.165) is 11.3 Å². The first kappa shape index (κ1) is 19.6. The number of carbonyl (C=O) groups is 1. The topological polar surface area (TPSA) is 66.0 Å². The van der Waals surface area contributed by atoms with Gasteiger partial charge < -0.3 is 24.3 Å². The molecule has 0 fully saturated rings. The molecule has 6 heteroatoms. The second kappa shape index (κ2) is 9.68. The van der Waals surface area contributed by atoms with Crippen molar-refractivity contribution in [2.45, 2.75) is 19.6 Å². The molecule has 140 valence electrons. The van der Waals surface area contributed by atoms with Crippen LogP contribution in [-0.2, 0) is 11.3 Å². The van der Waals surface area contributed by atoms with Crippen molar-refractivity contribution < 1.29 is 23.7 Å². The SMILES string of the molecule is COC[C@H](C)NC(=O)c1ccc(OC)c(COc2cccc(OC)c2)c1. The van der Waals surface area contributed by atoms with Crippen LogP contribution in [0.5, 0.6) is 17.2 Å². The zero-order chi connectivity index (χ0) is 18.9. The van der Waals surface area contributed by atoms with Crippen LogP contribution < -0.4 is 19.5 Å². The molecule has 0 heterocycles. The minimum Gasteiger partial charge on any atom is -0.497 e. The van der Waals surface area contributed by atoms with Gasteiger partial charge in [-0.05, 0) is 37.3 Å². The number of methoxy groups -OCH3 is 3. The van der Waals surface area contributed by atoms with E-state index in [-0.39, 0.29) is 18.6 Å². The largest absolute Gasteiger partial charge is 0.497 e. The molecule has 0 spiro atoms. The molecule has 0 aromatic heterocycles.